The van der Waals surface area contributed by atoms with E-state index in [1.54, 1.807) is 0 Å². The molecule has 0 N–H and O–H groups in total. The molecule has 0 amide bonds. The lowest BCUT2D eigenvalue weighted by Crippen LogP contribution is -2.12. The summed E-state index contributed by atoms with van der Waals surface area (Å²) in [6.45, 7) is 6.43. The second-order valence-electron chi connectivity index (χ2n) is 7.26. The van der Waals surface area contributed by atoms with Crippen molar-refractivity contribution in [3.63, 3.8) is 0 Å². The van der Waals surface area contributed by atoms with E-state index in [9.17, 15) is 0 Å². The third-order valence-corrected chi connectivity index (χ3v) is 4.47. The summed E-state index contributed by atoms with van der Waals surface area (Å²) in [4.78, 5) is 8.69. The molecule has 2 aromatic carbocycles. The van der Waals surface area contributed by atoms with E-state index in [4.69, 9.17) is 4.74 Å². The zero-order valence-electron chi connectivity index (χ0n) is 14.2. The molecular weight excluding hydrogens is 296 g/mol. The van der Waals surface area contributed by atoms with E-state index in [1.807, 2.05) is 18.5 Å². The van der Waals surface area contributed by atoms with Gasteiger partial charge in [-0.2, -0.15) is 0 Å². The monoisotopic (exact) mass is 316 g/mol. The molecule has 3 heteroatoms. The highest BCUT2D eigenvalue weighted by Crippen LogP contribution is 2.38. The maximum Gasteiger partial charge on any atom is 0.321 e. The van der Waals surface area contributed by atoms with Gasteiger partial charge in [0.2, 0.25) is 0 Å². The first-order valence-electron chi connectivity index (χ1n) is 8.22. The van der Waals surface area contributed by atoms with Crippen LogP contribution >= 0.6 is 0 Å². The number of fused-ring (bicyclic) bond motifs is 3. The van der Waals surface area contributed by atoms with Crippen LogP contribution in [0, 0.1) is 0 Å². The van der Waals surface area contributed by atoms with Gasteiger partial charge in [0.15, 0.2) is 0 Å². The third-order valence-electron chi connectivity index (χ3n) is 4.47. The predicted octanol–water partition coefficient (Wildman–Crippen LogP) is 5.14. The second-order valence-corrected chi connectivity index (χ2v) is 7.26. The fourth-order valence-corrected chi connectivity index (χ4v) is 3.03. The number of benzene rings is 2. The van der Waals surface area contributed by atoms with Gasteiger partial charge in [0.1, 0.15) is 5.75 Å². The van der Waals surface area contributed by atoms with E-state index in [0.717, 1.165) is 17.7 Å². The van der Waals surface area contributed by atoms with Gasteiger partial charge < -0.3 is 4.74 Å². The van der Waals surface area contributed by atoms with E-state index in [0.29, 0.717) is 6.01 Å². The van der Waals surface area contributed by atoms with Crippen LogP contribution in [0.1, 0.15) is 37.5 Å². The average molecular weight is 316 g/mol. The van der Waals surface area contributed by atoms with Crippen LogP contribution in [0.25, 0.3) is 11.1 Å². The Kier molecular flexibility index (Phi) is 3.38. The Morgan fingerprint density at radius 3 is 2.33 bits per heavy atom. The van der Waals surface area contributed by atoms with E-state index in [-0.39, 0.29) is 5.41 Å². The molecule has 3 aromatic rings. The van der Waals surface area contributed by atoms with Gasteiger partial charge >= 0.3 is 6.01 Å². The van der Waals surface area contributed by atoms with Gasteiger partial charge in [-0.3, -0.25) is 0 Å². The molecule has 0 unspecified atom stereocenters. The molecule has 0 spiro atoms. The summed E-state index contributed by atoms with van der Waals surface area (Å²) in [6.07, 6.45) is 4.67. The lowest BCUT2D eigenvalue weighted by Gasteiger charge is -2.17. The quantitative estimate of drug-likeness (QED) is 0.514. The molecule has 1 aromatic heterocycles. The Balaban J connectivity index is 1.61. The smallest absolute Gasteiger partial charge is 0.321 e. The second kappa shape index (κ2) is 5.45. The molecule has 0 bridgehead atoms. The van der Waals surface area contributed by atoms with Crippen molar-refractivity contribution >= 4 is 0 Å². The fraction of sp³-hybridized carbons (Fsp3) is 0.238. The van der Waals surface area contributed by atoms with Crippen molar-refractivity contribution in [3.05, 3.63) is 71.5 Å². The number of hydrogen-bond donors (Lipinski definition) is 0. The first-order chi connectivity index (χ1) is 11.5. The molecule has 1 aliphatic carbocycles. The molecule has 0 aliphatic heterocycles. The van der Waals surface area contributed by atoms with Crippen LogP contribution in [0.2, 0.25) is 0 Å². The van der Waals surface area contributed by atoms with Crippen LogP contribution in [0.15, 0.2) is 54.9 Å². The molecule has 4 rings (SSSR count). The maximum atomic E-state index is 5.86. The number of ether oxygens (including phenoxy) is 1. The molecule has 0 radical (unpaired) electrons. The molecule has 0 saturated heterocycles. The van der Waals surface area contributed by atoms with Crippen molar-refractivity contribution in [3.8, 4) is 22.9 Å². The first-order valence-corrected chi connectivity index (χ1v) is 8.22. The summed E-state index contributed by atoms with van der Waals surface area (Å²) in [5.74, 6) is 0.772. The average Bonchev–Trinajstić information content (AvgIpc) is 2.93. The molecule has 120 valence electrons. The summed E-state index contributed by atoms with van der Waals surface area (Å²) in [5.41, 5.74) is 6.38. The Morgan fingerprint density at radius 2 is 1.58 bits per heavy atom. The highest BCUT2D eigenvalue weighted by molar-refractivity contribution is 5.77. The van der Waals surface area contributed by atoms with Crippen molar-refractivity contribution in [2.75, 3.05) is 0 Å². The van der Waals surface area contributed by atoms with E-state index in [2.05, 4.69) is 67.1 Å². The van der Waals surface area contributed by atoms with Crippen molar-refractivity contribution in [1.82, 2.24) is 9.97 Å². The van der Waals surface area contributed by atoms with Crippen LogP contribution in [-0.4, -0.2) is 9.97 Å². The SMILES string of the molecule is CC(C)(C)c1cnc(Oc2ccc3c(c2)-c2ccccc2C3)nc1. The minimum absolute atomic E-state index is 0.0375. The van der Waals surface area contributed by atoms with Gasteiger partial charge in [0.25, 0.3) is 0 Å². The highest BCUT2D eigenvalue weighted by Gasteiger charge is 2.19. The summed E-state index contributed by atoms with van der Waals surface area (Å²) < 4.78 is 5.86. The van der Waals surface area contributed by atoms with Crippen molar-refractivity contribution in [1.29, 1.82) is 0 Å². The molecule has 0 atom stereocenters. The molecule has 3 nitrogen and oxygen atoms in total. The molecule has 24 heavy (non-hydrogen) atoms. The minimum Gasteiger partial charge on any atom is -0.424 e. The largest absolute Gasteiger partial charge is 0.424 e. The van der Waals surface area contributed by atoms with Crippen molar-refractivity contribution in [2.45, 2.75) is 32.6 Å². The Bertz CT molecular complexity index is 892. The maximum absolute atomic E-state index is 5.86. The van der Waals surface area contributed by atoms with Gasteiger partial charge in [-0.15, -0.1) is 0 Å². The Morgan fingerprint density at radius 1 is 0.875 bits per heavy atom. The summed E-state index contributed by atoms with van der Waals surface area (Å²) in [5, 5.41) is 0. The normalized spacial score (nSPS) is 12.6. The zero-order valence-corrected chi connectivity index (χ0v) is 14.2. The number of rotatable bonds is 2. The highest BCUT2D eigenvalue weighted by atomic mass is 16.5. The van der Waals surface area contributed by atoms with Crippen LogP contribution in [0.5, 0.6) is 11.8 Å². The van der Waals surface area contributed by atoms with Gasteiger partial charge in [-0.25, -0.2) is 9.97 Å². The third kappa shape index (κ3) is 2.67. The number of nitrogens with zero attached hydrogens (tertiary/aromatic N) is 2. The summed E-state index contributed by atoms with van der Waals surface area (Å²) in [7, 11) is 0. The van der Waals surface area contributed by atoms with Gasteiger partial charge in [-0.05, 0) is 51.8 Å². The summed E-state index contributed by atoms with van der Waals surface area (Å²) >= 11 is 0. The molecular formula is C21H20N2O. The minimum atomic E-state index is 0.0375. The molecule has 0 saturated carbocycles. The van der Waals surface area contributed by atoms with Gasteiger partial charge in [-0.1, -0.05) is 51.1 Å². The lowest BCUT2D eigenvalue weighted by molar-refractivity contribution is 0.438. The van der Waals surface area contributed by atoms with E-state index in [1.165, 1.54) is 22.3 Å². The fourth-order valence-electron chi connectivity index (χ4n) is 3.03. The first kappa shape index (κ1) is 14.9. The zero-order chi connectivity index (χ0) is 16.7. The van der Waals surface area contributed by atoms with Crippen LogP contribution < -0.4 is 4.74 Å². The van der Waals surface area contributed by atoms with Crippen molar-refractivity contribution < 1.29 is 4.74 Å². The lowest BCUT2D eigenvalue weighted by atomic mass is 9.89. The van der Waals surface area contributed by atoms with Crippen LogP contribution in [0.4, 0.5) is 0 Å². The van der Waals surface area contributed by atoms with E-state index >= 15 is 0 Å². The number of hydrogen-bond acceptors (Lipinski definition) is 3. The summed E-state index contributed by atoms with van der Waals surface area (Å²) in [6, 6.07) is 15.1. The van der Waals surface area contributed by atoms with Crippen LogP contribution in [0.3, 0.4) is 0 Å². The standard InChI is InChI=1S/C21H20N2O/c1-21(2,3)16-12-22-20(23-13-16)24-17-9-8-15-10-14-6-4-5-7-18(14)19(15)11-17/h4-9,11-13H,10H2,1-3H3. The topological polar surface area (TPSA) is 35.0 Å². The van der Waals surface area contributed by atoms with Gasteiger partial charge in [0, 0.05) is 12.4 Å². The molecule has 1 aliphatic rings. The van der Waals surface area contributed by atoms with Crippen LogP contribution in [-0.2, 0) is 11.8 Å². The van der Waals surface area contributed by atoms with Crippen molar-refractivity contribution in [2.24, 2.45) is 0 Å². The van der Waals surface area contributed by atoms with E-state index < -0.39 is 0 Å². The molecule has 1 heterocycles. The predicted molar refractivity (Wildman–Crippen MR) is 95.5 cm³/mol. The Hall–Kier alpha value is -2.68. The van der Waals surface area contributed by atoms with Gasteiger partial charge in [0.05, 0.1) is 0 Å². The Labute approximate surface area is 142 Å². The number of aromatic nitrogens is 2. The molecule has 0 fully saturated rings.